The van der Waals surface area contributed by atoms with Crippen molar-refractivity contribution < 1.29 is 8.42 Å². The molecule has 0 saturated heterocycles. The van der Waals surface area contributed by atoms with E-state index in [1.54, 1.807) is 12.1 Å². The number of hydrogen-bond donors (Lipinski definition) is 1. The fraction of sp³-hybridized carbons (Fsp3) is 0.333. The van der Waals surface area contributed by atoms with E-state index in [0.717, 1.165) is 29.4 Å². The Kier molecular flexibility index (Phi) is 4.90. The predicted molar refractivity (Wildman–Crippen MR) is 96.3 cm³/mol. The topological polar surface area (TPSA) is 46.2 Å². The summed E-state index contributed by atoms with van der Waals surface area (Å²) in [6.07, 6.45) is 3.54. The van der Waals surface area contributed by atoms with Crippen LogP contribution in [0.5, 0.6) is 0 Å². The first-order chi connectivity index (χ1) is 10.9. The minimum Gasteiger partial charge on any atom is -0.310 e. The van der Waals surface area contributed by atoms with Gasteiger partial charge >= 0.3 is 0 Å². The van der Waals surface area contributed by atoms with Crippen molar-refractivity contribution in [3.8, 4) is 0 Å². The molecule has 0 bridgehead atoms. The maximum Gasteiger partial charge on any atom is 0.175 e. The molecule has 0 atom stereocenters. The molecule has 0 aliphatic heterocycles. The quantitative estimate of drug-likeness (QED) is 0.837. The molecule has 0 heterocycles. The van der Waals surface area contributed by atoms with Crippen LogP contribution < -0.4 is 5.32 Å². The maximum atomic E-state index is 11.4. The molecule has 1 N–H and O–H groups in total. The Hall–Kier alpha value is -1.17. The molecule has 2 aromatic rings. The number of hydrogen-bond acceptors (Lipinski definition) is 3. The molecule has 1 aliphatic rings. The normalized spacial score (nSPS) is 21.0. The van der Waals surface area contributed by atoms with Crippen LogP contribution in [0, 0.1) is 0 Å². The van der Waals surface area contributed by atoms with Crippen LogP contribution in [0.15, 0.2) is 57.9 Å². The van der Waals surface area contributed by atoms with Gasteiger partial charge in [0, 0.05) is 23.3 Å². The zero-order valence-corrected chi connectivity index (χ0v) is 15.4. The number of rotatable bonds is 5. The van der Waals surface area contributed by atoms with Crippen LogP contribution >= 0.6 is 15.9 Å². The molecule has 0 unspecified atom stereocenters. The highest BCUT2D eigenvalue weighted by Gasteiger charge is 2.29. The summed E-state index contributed by atoms with van der Waals surface area (Å²) in [5.74, 6) is 0.646. The zero-order valence-electron chi connectivity index (χ0n) is 13.0. The van der Waals surface area contributed by atoms with Gasteiger partial charge in [0.25, 0.3) is 0 Å². The van der Waals surface area contributed by atoms with Crippen molar-refractivity contribution in [2.24, 2.45) is 0 Å². The Bertz CT molecular complexity index is 764. The van der Waals surface area contributed by atoms with Gasteiger partial charge in [-0.15, -0.1) is 0 Å². The summed E-state index contributed by atoms with van der Waals surface area (Å²) >= 11 is 3.46. The van der Waals surface area contributed by atoms with E-state index in [-0.39, 0.29) is 0 Å². The van der Waals surface area contributed by atoms with Gasteiger partial charge in [-0.25, -0.2) is 8.42 Å². The van der Waals surface area contributed by atoms with Gasteiger partial charge in [0.15, 0.2) is 9.84 Å². The van der Waals surface area contributed by atoms with Gasteiger partial charge in [0.1, 0.15) is 0 Å². The molecule has 2 aromatic carbocycles. The molecule has 0 radical (unpaired) electrons. The Labute approximate surface area is 146 Å². The Morgan fingerprint density at radius 1 is 1.04 bits per heavy atom. The van der Waals surface area contributed by atoms with E-state index < -0.39 is 9.84 Å². The Morgan fingerprint density at radius 3 is 2.22 bits per heavy atom. The third-order valence-electron chi connectivity index (χ3n) is 4.43. The smallest absolute Gasteiger partial charge is 0.175 e. The van der Waals surface area contributed by atoms with Crippen LogP contribution in [0.1, 0.15) is 29.9 Å². The van der Waals surface area contributed by atoms with Gasteiger partial charge in [0.05, 0.1) is 4.90 Å². The molecule has 5 heteroatoms. The highest BCUT2D eigenvalue weighted by molar-refractivity contribution is 9.10. The maximum absolute atomic E-state index is 11.4. The van der Waals surface area contributed by atoms with Crippen LogP contribution in [-0.2, 0) is 16.4 Å². The van der Waals surface area contributed by atoms with Crippen molar-refractivity contribution in [3.63, 3.8) is 0 Å². The second-order valence-corrected chi connectivity index (χ2v) is 9.15. The lowest BCUT2D eigenvalue weighted by Crippen LogP contribution is -2.39. The molecule has 3 nitrogen and oxygen atoms in total. The molecule has 23 heavy (non-hydrogen) atoms. The first-order valence-electron chi connectivity index (χ1n) is 7.69. The Balaban J connectivity index is 1.48. The standard InChI is InChI=1S/C18H20BrNO2S/c1-23(21,22)18-8-2-13(3-9-18)12-20-17-10-15(11-17)14-4-6-16(19)7-5-14/h2-9,15,17,20H,10-12H2,1H3. The van der Waals surface area contributed by atoms with E-state index >= 15 is 0 Å². The van der Waals surface area contributed by atoms with E-state index in [0.29, 0.717) is 16.9 Å². The molecular formula is C18H20BrNO2S. The molecule has 0 amide bonds. The first kappa shape index (κ1) is 16.7. The van der Waals surface area contributed by atoms with Crippen molar-refractivity contribution >= 4 is 25.8 Å². The SMILES string of the molecule is CS(=O)(=O)c1ccc(CNC2CC(c3ccc(Br)cc3)C2)cc1. The molecular weight excluding hydrogens is 374 g/mol. The fourth-order valence-electron chi connectivity index (χ4n) is 2.91. The zero-order chi connectivity index (χ0) is 16.4. The van der Waals surface area contributed by atoms with Gasteiger partial charge < -0.3 is 5.32 Å². The summed E-state index contributed by atoms with van der Waals surface area (Å²) in [5, 5.41) is 3.55. The van der Waals surface area contributed by atoms with Crippen molar-refractivity contribution in [1.29, 1.82) is 0 Å². The average Bonchev–Trinajstić information content (AvgIpc) is 2.47. The minimum absolute atomic E-state index is 0.375. The molecule has 122 valence electrons. The van der Waals surface area contributed by atoms with Crippen LogP contribution in [-0.4, -0.2) is 20.7 Å². The van der Waals surface area contributed by atoms with E-state index in [2.05, 4.69) is 45.5 Å². The number of benzene rings is 2. The predicted octanol–water partition coefficient (Wildman–Crippen LogP) is 3.89. The molecule has 0 aromatic heterocycles. The fourth-order valence-corrected chi connectivity index (χ4v) is 3.80. The molecule has 1 saturated carbocycles. The molecule has 0 spiro atoms. The lowest BCUT2D eigenvalue weighted by Gasteiger charge is -2.36. The molecule has 3 rings (SSSR count). The minimum atomic E-state index is -3.11. The van der Waals surface area contributed by atoms with Crippen molar-refractivity contribution in [1.82, 2.24) is 5.32 Å². The van der Waals surface area contributed by atoms with Crippen LogP contribution in [0.25, 0.3) is 0 Å². The molecule has 1 fully saturated rings. The highest BCUT2D eigenvalue weighted by atomic mass is 79.9. The first-order valence-corrected chi connectivity index (χ1v) is 10.4. The lowest BCUT2D eigenvalue weighted by molar-refractivity contribution is 0.289. The summed E-state index contributed by atoms with van der Waals surface area (Å²) in [5.41, 5.74) is 2.52. The lowest BCUT2D eigenvalue weighted by atomic mass is 9.76. The number of nitrogens with one attached hydrogen (secondary N) is 1. The summed E-state index contributed by atoms with van der Waals surface area (Å²) in [6, 6.07) is 16.2. The summed E-state index contributed by atoms with van der Waals surface area (Å²) in [4.78, 5) is 0.375. The third-order valence-corrected chi connectivity index (χ3v) is 6.08. The highest BCUT2D eigenvalue weighted by Crippen LogP contribution is 2.37. The summed E-state index contributed by atoms with van der Waals surface area (Å²) in [7, 11) is -3.11. The summed E-state index contributed by atoms with van der Waals surface area (Å²) < 4.78 is 24.0. The van der Waals surface area contributed by atoms with Gasteiger partial charge in [-0.05, 0) is 54.2 Å². The monoisotopic (exact) mass is 393 g/mol. The van der Waals surface area contributed by atoms with Gasteiger partial charge in [-0.2, -0.15) is 0 Å². The summed E-state index contributed by atoms with van der Waals surface area (Å²) in [6.45, 7) is 0.780. The second-order valence-electron chi connectivity index (χ2n) is 6.21. The van der Waals surface area contributed by atoms with E-state index in [4.69, 9.17) is 0 Å². The van der Waals surface area contributed by atoms with Crippen LogP contribution in [0.4, 0.5) is 0 Å². The van der Waals surface area contributed by atoms with E-state index in [1.165, 1.54) is 11.8 Å². The number of halogens is 1. The van der Waals surface area contributed by atoms with Crippen molar-refractivity contribution in [3.05, 3.63) is 64.1 Å². The van der Waals surface area contributed by atoms with E-state index in [1.807, 2.05) is 12.1 Å². The van der Waals surface area contributed by atoms with Crippen LogP contribution in [0.2, 0.25) is 0 Å². The van der Waals surface area contributed by atoms with Crippen molar-refractivity contribution in [2.45, 2.75) is 36.2 Å². The molecule has 1 aliphatic carbocycles. The average molecular weight is 394 g/mol. The Morgan fingerprint density at radius 2 is 1.65 bits per heavy atom. The number of sulfone groups is 1. The van der Waals surface area contributed by atoms with Gasteiger partial charge in [-0.3, -0.25) is 0 Å². The third kappa shape index (κ3) is 4.22. The van der Waals surface area contributed by atoms with Crippen LogP contribution in [0.3, 0.4) is 0 Å². The van der Waals surface area contributed by atoms with Gasteiger partial charge in [-0.1, -0.05) is 40.2 Å². The largest absolute Gasteiger partial charge is 0.310 e. The van der Waals surface area contributed by atoms with E-state index in [9.17, 15) is 8.42 Å². The van der Waals surface area contributed by atoms with Crippen molar-refractivity contribution in [2.75, 3.05) is 6.26 Å². The second kappa shape index (κ2) is 6.75. The van der Waals surface area contributed by atoms with Gasteiger partial charge in [0.2, 0.25) is 0 Å².